The number of nitrogens with zero attached hydrogens (tertiary/aromatic N) is 1. The van der Waals surface area contributed by atoms with E-state index in [0.29, 0.717) is 6.04 Å². The number of rotatable bonds is 2. The number of hydrogen-bond donors (Lipinski definition) is 2. The molecule has 1 atom stereocenters. The molecule has 0 saturated heterocycles. The van der Waals surface area contributed by atoms with Crippen LogP contribution in [0.1, 0.15) is 22.7 Å². The van der Waals surface area contributed by atoms with Gasteiger partial charge in [0.05, 0.1) is 0 Å². The molecule has 0 spiro atoms. The van der Waals surface area contributed by atoms with Gasteiger partial charge in [0.25, 0.3) is 0 Å². The Morgan fingerprint density at radius 2 is 2.00 bits per heavy atom. The van der Waals surface area contributed by atoms with Gasteiger partial charge in [0.15, 0.2) is 11.5 Å². The van der Waals surface area contributed by atoms with Crippen LogP contribution in [0.4, 0.5) is 0 Å². The predicted octanol–water partition coefficient (Wildman–Crippen LogP) is 3.98. The molecule has 2 aliphatic rings. The van der Waals surface area contributed by atoms with Gasteiger partial charge in [-0.05, 0) is 41.2 Å². The lowest BCUT2D eigenvalue weighted by Gasteiger charge is -2.41. The molecule has 0 saturated carbocycles. The summed E-state index contributed by atoms with van der Waals surface area (Å²) >= 11 is 0. The third kappa shape index (κ3) is 2.37. The summed E-state index contributed by atoms with van der Waals surface area (Å²) in [6.45, 7) is 5.78. The quantitative estimate of drug-likeness (QED) is 0.617. The summed E-state index contributed by atoms with van der Waals surface area (Å²) in [5, 5.41) is 20.2. The lowest BCUT2D eigenvalue weighted by molar-refractivity contribution is 0.203. The molecule has 0 unspecified atom stereocenters. The van der Waals surface area contributed by atoms with E-state index < -0.39 is 0 Å². The second-order valence-corrected chi connectivity index (χ2v) is 6.10. The Bertz CT molecular complexity index is 772. The third-order valence-corrected chi connectivity index (χ3v) is 4.93. The van der Waals surface area contributed by atoms with Crippen LogP contribution in [0.3, 0.4) is 0 Å². The van der Waals surface area contributed by atoms with E-state index in [0.717, 1.165) is 42.6 Å². The molecule has 2 aromatic rings. The van der Waals surface area contributed by atoms with Crippen LogP contribution in [-0.4, -0.2) is 28.2 Å². The molecule has 0 radical (unpaired) electrons. The lowest BCUT2D eigenvalue weighted by Crippen LogP contribution is -2.38. The zero-order chi connectivity index (χ0) is 15.3. The minimum absolute atomic E-state index is 0. The van der Waals surface area contributed by atoms with E-state index in [9.17, 15) is 10.2 Å². The number of phenolic OH excluding ortho intramolecular Hbond substituents is 2. The average Bonchev–Trinajstić information content (AvgIpc) is 2.53. The normalized spacial score (nSPS) is 18.5. The lowest BCUT2D eigenvalue weighted by atomic mass is 9.76. The SMILES string of the molecule is Br.C=CCN1CCc2cccc3c2[C@H]1Cc1ccc(O)c(O)c1-3. The molecular formula is C19H20BrNO2. The summed E-state index contributed by atoms with van der Waals surface area (Å²) in [5.41, 5.74) is 5.63. The molecule has 0 amide bonds. The third-order valence-electron chi connectivity index (χ3n) is 4.93. The fraction of sp³-hybridized carbons (Fsp3) is 0.263. The Kier molecular flexibility index (Phi) is 4.21. The van der Waals surface area contributed by atoms with Crippen molar-refractivity contribution in [3.8, 4) is 22.6 Å². The van der Waals surface area contributed by atoms with Crippen LogP contribution in [0.25, 0.3) is 11.1 Å². The average molecular weight is 374 g/mol. The van der Waals surface area contributed by atoms with Crippen LogP contribution in [0.2, 0.25) is 0 Å². The maximum absolute atomic E-state index is 10.3. The van der Waals surface area contributed by atoms with E-state index in [-0.39, 0.29) is 28.5 Å². The van der Waals surface area contributed by atoms with E-state index >= 15 is 0 Å². The van der Waals surface area contributed by atoms with Crippen LogP contribution in [-0.2, 0) is 12.8 Å². The second-order valence-electron chi connectivity index (χ2n) is 6.10. The Labute approximate surface area is 146 Å². The number of phenols is 2. The van der Waals surface area contributed by atoms with Crippen molar-refractivity contribution in [1.82, 2.24) is 4.90 Å². The van der Waals surface area contributed by atoms with E-state index in [1.165, 1.54) is 11.1 Å². The molecule has 1 aliphatic heterocycles. The van der Waals surface area contributed by atoms with Crippen LogP contribution in [0.5, 0.6) is 11.5 Å². The van der Waals surface area contributed by atoms with Crippen LogP contribution >= 0.6 is 17.0 Å². The van der Waals surface area contributed by atoms with Gasteiger partial charge in [-0.15, -0.1) is 23.6 Å². The molecule has 120 valence electrons. The highest BCUT2D eigenvalue weighted by Gasteiger charge is 2.35. The highest BCUT2D eigenvalue weighted by molar-refractivity contribution is 8.93. The molecule has 0 aromatic heterocycles. The zero-order valence-corrected chi connectivity index (χ0v) is 14.5. The smallest absolute Gasteiger partial charge is 0.165 e. The number of benzene rings is 2. The van der Waals surface area contributed by atoms with Crippen LogP contribution in [0, 0.1) is 0 Å². The molecular weight excluding hydrogens is 354 g/mol. The van der Waals surface area contributed by atoms with Crippen molar-refractivity contribution in [1.29, 1.82) is 0 Å². The summed E-state index contributed by atoms with van der Waals surface area (Å²) in [5.74, 6) is -0.0428. The minimum atomic E-state index is -0.0476. The van der Waals surface area contributed by atoms with Crippen LogP contribution < -0.4 is 0 Å². The second kappa shape index (κ2) is 6.02. The number of halogens is 1. The van der Waals surface area contributed by atoms with Crippen molar-refractivity contribution >= 4 is 17.0 Å². The zero-order valence-electron chi connectivity index (χ0n) is 12.8. The molecule has 1 heterocycles. The fourth-order valence-electron chi connectivity index (χ4n) is 3.96. The number of fused-ring (bicyclic) bond motifs is 2. The Hall–Kier alpha value is -1.78. The molecule has 3 nitrogen and oxygen atoms in total. The molecule has 2 N–H and O–H groups in total. The minimum Gasteiger partial charge on any atom is -0.504 e. The first-order chi connectivity index (χ1) is 10.7. The van der Waals surface area contributed by atoms with Gasteiger partial charge in [0.2, 0.25) is 0 Å². The first-order valence-electron chi connectivity index (χ1n) is 7.71. The van der Waals surface area contributed by atoms with Gasteiger partial charge in [-0.25, -0.2) is 0 Å². The van der Waals surface area contributed by atoms with Crippen molar-refractivity contribution in [2.45, 2.75) is 18.9 Å². The van der Waals surface area contributed by atoms with Crippen LogP contribution in [0.15, 0.2) is 43.0 Å². The molecule has 0 fully saturated rings. The van der Waals surface area contributed by atoms with E-state index in [2.05, 4.69) is 23.6 Å². The topological polar surface area (TPSA) is 43.7 Å². The molecule has 4 rings (SSSR count). The number of aromatic hydroxyl groups is 2. The first-order valence-corrected chi connectivity index (χ1v) is 7.71. The van der Waals surface area contributed by atoms with Gasteiger partial charge in [-0.3, -0.25) is 4.90 Å². The highest BCUT2D eigenvalue weighted by atomic mass is 79.9. The largest absolute Gasteiger partial charge is 0.504 e. The molecule has 23 heavy (non-hydrogen) atoms. The molecule has 4 heteroatoms. The number of hydrogen-bond acceptors (Lipinski definition) is 3. The predicted molar refractivity (Wildman–Crippen MR) is 97.4 cm³/mol. The standard InChI is InChI=1S/C19H19NO2.BrH/c1-2-9-20-10-8-12-4-3-5-14-17(12)15(20)11-13-6-7-16(21)19(22)18(13)14;/h2-7,15,21-22H,1,8-11H2;1H/t15-;/m1./s1. The summed E-state index contributed by atoms with van der Waals surface area (Å²) in [6, 6.07) is 10.1. The highest BCUT2D eigenvalue weighted by Crippen LogP contribution is 2.50. The molecule has 2 aromatic carbocycles. The summed E-state index contributed by atoms with van der Waals surface area (Å²) in [7, 11) is 0. The van der Waals surface area contributed by atoms with Gasteiger partial charge in [-0.2, -0.15) is 0 Å². The van der Waals surface area contributed by atoms with Crippen molar-refractivity contribution in [3.63, 3.8) is 0 Å². The Morgan fingerprint density at radius 1 is 1.17 bits per heavy atom. The van der Waals surface area contributed by atoms with Gasteiger partial charge < -0.3 is 10.2 Å². The molecule has 1 aliphatic carbocycles. The van der Waals surface area contributed by atoms with Crippen molar-refractivity contribution in [3.05, 3.63) is 59.7 Å². The maximum Gasteiger partial charge on any atom is 0.165 e. The van der Waals surface area contributed by atoms with Gasteiger partial charge >= 0.3 is 0 Å². The summed E-state index contributed by atoms with van der Waals surface area (Å²) in [6.07, 6.45) is 3.83. The van der Waals surface area contributed by atoms with E-state index in [4.69, 9.17) is 0 Å². The summed E-state index contributed by atoms with van der Waals surface area (Å²) in [4.78, 5) is 2.45. The van der Waals surface area contributed by atoms with Crippen molar-refractivity contribution in [2.75, 3.05) is 13.1 Å². The van der Waals surface area contributed by atoms with Gasteiger partial charge in [0, 0.05) is 24.7 Å². The monoisotopic (exact) mass is 373 g/mol. The maximum atomic E-state index is 10.3. The van der Waals surface area contributed by atoms with Gasteiger partial charge in [0.1, 0.15) is 0 Å². The van der Waals surface area contributed by atoms with Crippen molar-refractivity contribution < 1.29 is 10.2 Å². The molecule has 0 bridgehead atoms. The fourth-order valence-corrected chi connectivity index (χ4v) is 3.96. The Balaban J connectivity index is 0.00000156. The van der Waals surface area contributed by atoms with E-state index in [1.807, 2.05) is 18.2 Å². The first kappa shape index (κ1) is 16.1. The van der Waals surface area contributed by atoms with E-state index in [1.54, 1.807) is 6.07 Å². The van der Waals surface area contributed by atoms with Gasteiger partial charge in [-0.1, -0.05) is 30.3 Å². The Morgan fingerprint density at radius 3 is 2.78 bits per heavy atom. The summed E-state index contributed by atoms with van der Waals surface area (Å²) < 4.78 is 0. The van der Waals surface area contributed by atoms with Crippen molar-refractivity contribution in [2.24, 2.45) is 0 Å².